The highest BCUT2D eigenvalue weighted by Crippen LogP contribution is 2.23. The summed E-state index contributed by atoms with van der Waals surface area (Å²) in [5.74, 6) is -0.905. The molecule has 0 spiro atoms. The first-order chi connectivity index (χ1) is 8.16. The van der Waals surface area contributed by atoms with Gasteiger partial charge in [0.05, 0.1) is 11.6 Å². The molecule has 0 aliphatic heterocycles. The molecule has 1 unspecified atom stereocenters. The summed E-state index contributed by atoms with van der Waals surface area (Å²) in [4.78, 5) is 12.1. The van der Waals surface area contributed by atoms with Crippen LogP contribution in [0.5, 0.6) is 0 Å². The number of hydrogen-bond acceptors (Lipinski definition) is 3. The maximum absolute atomic E-state index is 10.8. The van der Waals surface area contributed by atoms with Crippen LogP contribution in [-0.4, -0.2) is 11.1 Å². The second kappa shape index (κ2) is 5.01. The van der Waals surface area contributed by atoms with Crippen molar-refractivity contribution in [1.29, 1.82) is 0 Å². The Morgan fingerprint density at radius 2 is 2.18 bits per heavy atom. The molecule has 4 heteroatoms. The molecule has 0 saturated heterocycles. The predicted octanol–water partition coefficient (Wildman–Crippen LogP) is 3.62. The molecule has 88 valence electrons. The van der Waals surface area contributed by atoms with E-state index in [1.165, 1.54) is 4.88 Å². The SMILES string of the molecule is CC(Nc1cccc(C(=O)O)c1)c1cccs1. The lowest BCUT2D eigenvalue weighted by Gasteiger charge is -2.13. The van der Waals surface area contributed by atoms with E-state index in [0.29, 0.717) is 5.56 Å². The summed E-state index contributed by atoms with van der Waals surface area (Å²) >= 11 is 1.68. The monoisotopic (exact) mass is 247 g/mol. The lowest BCUT2D eigenvalue weighted by molar-refractivity contribution is 0.0697. The molecule has 1 aromatic heterocycles. The number of nitrogens with one attached hydrogen (secondary N) is 1. The van der Waals surface area contributed by atoms with Crippen LogP contribution in [0.3, 0.4) is 0 Å². The van der Waals surface area contributed by atoms with E-state index in [4.69, 9.17) is 5.11 Å². The minimum atomic E-state index is -0.905. The van der Waals surface area contributed by atoms with Crippen LogP contribution in [0.25, 0.3) is 0 Å². The maximum atomic E-state index is 10.8. The van der Waals surface area contributed by atoms with E-state index in [1.54, 1.807) is 29.5 Å². The number of thiophene rings is 1. The third-order valence-corrected chi connectivity index (χ3v) is 3.52. The molecule has 0 amide bonds. The Labute approximate surface area is 104 Å². The number of benzene rings is 1. The molecule has 17 heavy (non-hydrogen) atoms. The number of rotatable bonds is 4. The van der Waals surface area contributed by atoms with E-state index >= 15 is 0 Å². The van der Waals surface area contributed by atoms with Crippen molar-refractivity contribution >= 4 is 23.0 Å². The van der Waals surface area contributed by atoms with Crippen molar-refractivity contribution in [3.8, 4) is 0 Å². The Bertz CT molecular complexity index is 508. The van der Waals surface area contributed by atoms with Gasteiger partial charge in [0.2, 0.25) is 0 Å². The molecule has 2 N–H and O–H groups in total. The van der Waals surface area contributed by atoms with Crippen LogP contribution in [0.15, 0.2) is 41.8 Å². The Hall–Kier alpha value is -1.81. The summed E-state index contributed by atoms with van der Waals surface area (Å²) in [6.07, 6.45) is 0. The quantitative estimate of drug-likeness (QED) is 0.867. The molecule has 0 saturated carbocycles. The van der Waals surface area contributed by atoms with Crippen LogP contribution in [0, 0.1) is 0 Å². The number of aromatic carboxylic acids is 1. The van der Waals surface area contributed by atoms with Crippen LogP contribution >= 0.6 is 11.3 Å². The fraction of sp³-hybridized carbons (Fsp3) is 0.154. The molecule has 0 aliphatic carbocycles. The minimum Gasteiger partial charge on any atom is -0.478 e. The van der Waals surface area contributed by atoms with Crippen molar-refractivity contribution in [1.82, 2.24) is 0 Å². The summed E-state index contributed by atoms with van der Waals surface area (Å²) < 4.78 is 0. The zero-order chi connectivity index (χ0) is 12.3. The lowest BCUT2D eigenvalue weighted by atomic mass is 10.2. The van der Waals surface area contributed by atoms with Gasteiger partial charge in [-0.05, 0) is 36.6 Å². The van der Waals surface area contributed by atoms with Gasteiger partial charge >= 0.3 is 5.97 Å². The zero-order valence-corrected chi connectivity index (χ0v) is 10.2. The fourth-order valence-electron chi connectivity index (χ4n) is 1.60. The second-order valence-corrected chi connectivity index (χ2v) is 4.75. The Kier molecular flexibility index (Phi) is 3.44. The molecule has 0 radical (unpaired) electrons. The van der Waals surface area contributed by atoms with Gasteiger partial charge in [-0.1, -0.05) is 12.1 Å². The van der Waals surface area contributed by atoms with E-state index < -0.39 is 5.97 Å². The maximum Gasteiger partial charge on any atom is 0.335 e. The normalized spacial score (nSPS) is 12.1. The first-order valence-electron chi connectivity index (χ1n) is 5.30. The second-order valence-electron chi connectivity index (χ2n) is 3.77. The highest BCUT2D eigenvalue weighted by Gasteiger charge is 2.08. The molecule has 3 nitrogen and oxygen atoms in total. The number of anilines is 1. The summed E-state index contributed by atoms with van der Waals surface area (Å²) in [6.45, 7) is 2.05. The van der Waals surface area contributed by atoms with Crippen molar-refractivity contribution in [2.45, 2.75) is 13.0 Å². The van der Waals surface area contributed by atoms with Crippen molar-refractivity contribution in [2.75, 3.05) is 5.32 Å². The van der Waals surface area contributed by atoms with Crippen LogP contribution in [0.2, 0.25) is 0 Å². The topological polar surface area (TPSA) is 49.3 Å². The summed E-state index contributed by atoms with van der Waals surface area (Å²) in [7, 11) is 0. The first-order valence-corrected chi connectivity index (χ1v) is 6.18. The van der Waals surface area contributed by atoms with Gasteiger partial charge in [0.25, 0.3) is 0 Å². The summed E-state index contributed by atoms with van der Waals surface area (Å²) in [6, 6.07) is 11.1. The lowest BCUT2D eigenvalue weighted by Crippen LogP contribution is -2.06. The van der Waals surface area contributed by atoms with Gasteiger partial charge in [0.15, 0.2) is 0 Å². The fourth-order valence-corrected chi connectivity index (χ4v) is 2.34. The highest BCUT2D eigenvalue weighted by atomic mass is 32.1. The van der Waals surface area contributed by atoms with Gasteiger partial charge in [-0.25, -0.2) is 4.79 Å². The van der Waals surface area contributed by atoms with E-state index in [2.05, 4.69) is 18.3 Å². The number of hydrogen-bond donors (Lipinski definition) is 2. The molecule has 2 rings (SSSR count). The molecular weight excluding hydrogens is 234 g/mol. The number of carboxylic acids is 1. The van der Waals surface area contributed by atoms with E-state index in [-0.39, 0.29) is 6.04 Å². The average Bonchev–Trinajstić information content (AvgIpc) is 2.82. The number of carbonyl (C=O) groups is 1. The van der Waals surface area contributed by atoms with E-state index in [0.717, 1.165) is 5.69 Å². The van der Waals surface area contributed by atoms with Gasteiger partial charge < -0.3 is 10.4 Å². The number of carboxylic acid groups (broad SMARTS) is 1. The molecular formula is C13H13NO2S. The minimum absolute atomic E-state index is 0.180. The molecule has 0 bridgehead atoms. The van der Waals surface area contributed by atoms with Crippen molar-refractivity contribution in [2.24, 2.45) is 0 Å². The zero-order valence-electron chi connectivity index (χ0n) is 9.38. The van der Waals surface area contributed by atoms with Gasteiger partial charge in [-0.15, -0.1) is 11.3 Å². The van der Waals surface area contributed by atoms with Crippen LogP contribution in [0.1, 0.15) is 28.2 Å². The molecule has 2 aromatic rings. The van der Waals surface area contributed by atoms with Gasteiger partial charge in [0.1, 0.15) is 0 Å². The molecule has 0 fully saturated rings. The van der Waals surface area contributed by atoms with E-state index in [1.807, 2.05) is 17.5 Å². The van der Waals surface area contributed by atoms with Gasteiger partial charge in [0, 0.05) is 10.6 Å². The van der Waals surface area contributed by atoms with Crippen LogP contribution in [-0.2, 0) is 0 Å². The van der Waals surface area contributed by atoms with Crippen molar-refractivity contribution < 1.29 is 9.90 Å². The Morgan fingerprint density at radius 3 is 2.82 bits per heavy atom. The summed E-state index contributed by atoms with van der Waals surface area (Å²) in [5, 5.41) is 14.2. The molecule has 1 aromatic carbocycles. The van der Waals surface area contributed by atoms with Crippen molar-refractivity contribution in [3.05, 3.63) is 52.2 Å². The molecule has 1 atom stereocenters. The first kappa shape index (κ1) is 11.7. The Morgan fingerprint density at radius 1 is 1.35 bits per heavy atom. The largest absolute Gasteiger partial charge is 0.478 e. The Balaban J connectivity index is 2.13. The highest BCUT2D eigenvalue weighted by molar-refractivity contribution is 7.10. The van der Waals surface area contributed by atoms with Crippen LogP contribution in [0.4, 0.5) is 5.69 Å². The van der Waals surface area contributed by atoms with Gasteiger partial charge in [-0.3, -0.25) is 0 Å². The smallest absolute Gasteiger partial charge is 0.335 e. The average molecular weight is 247 g/mol. The van der Waals surface area contributed by atoms with Crippen LogP contribution < -0.4 is 5.32 Å². The molecule has 0 aliphatic rings. The van der Waals surface area contributed by atoms with Crippen molar-refractivity contribution in [3.63, 3.8) is 0 Å². The standard InChI is InChI=1S/C13H13NO2S/c1-9(12-6-3-7-17-12)14-11-5-2-4-10(8-11)13(15)16/h2-9,14H,1H3,(H,15,16). The van der Waals surface area contributed by atoms with Gasteiger partial charge in [-0.2, -0.15) is 0 Å². The third kappa shape index (κ3) is 2.85. The van der Waals surface area contributed by atoms with E-state index in [9.17, 15) is 4.79 Å². The predicted molar refractivity (Wildman–Crippen MR) is 69.8 cm³/mol. The molecule has 1 heterocycles. The third-order valence-electron chi connectivity index (χ3n) is 2.46. The summed E-state index contributed by atoms with van der Waals surface area (Å²) in [5.41, 5.74) is 1.12.